The molecule has 0 bridgehead atoms. The van der Waals surface area contributed by atoms with Crippen LogP contribution in [0.2, 0.25) is 5.02 Å². The van der Waals surface area contributed by atoms with E-state index in [1.807, 2.05) is 12.1 Å². The molecule has 0 radical (unpaired) electrons. The molecule has 0 saturated heterocycles. The molecule has 4 nitrogen and oxygen atoms in total. The van der Waals surface area contributed by atoms with Crippen LogP contribution in [-0.2, 0) is 6.42 Å². The quantitative estimate of drug-likeness (QED) is 0.619. The highest BCUT2D eigenvalue weighted by Crippen LogP contribution is 2.24. The Bertz CT molecular complexity index is 543. The highest BCUT2D eigenvalue weighted by atomic mass is 35.5. The number of hydrogen-bond donors (Lipinski definition) is 0. The number of benzene rings is 1. The maximum Gasteiger partial charge on any atom is 0.273 e. The van der Waals surface area contributed by atoms with E-state index in [1.165, 1.54) is 12.1 Å². The van der Waals surface area contributed by atoms with Gasteiger partial charge < -0.3 is 0 Å². The van der Waals surface area contributed by atoms with Crippen LogP contribution in [0, 0.1) is 10.1 Å². The minimum atomic E-state index is -0.396. The van der Waals surface area contributed by atoms with Crippen LogP contribution in [0.15, 0.2) is 42.7 Å². The molecule has 0 unspecified atom stereocenters. The Balaban J connectivity index is 2.37. The molecule has 0 atom stereocenters. The molecule has 2 rings (SSSR count). The molecule has 0 N–H and O–H groups in total. The van der Waals surface area contributed by atoms with E-state index in [2.05, 4.69) is 4.98 Å². The molecular weight excluding hydrogens is 240 g/mol. The van der Waals surface area contributed by atoms with Crippen LogP contribution in [-0.4, -0.2) is 9.91 Å². The first-order chi connectivity index (χ1) is 8.16. The molecule has 1 aromatic heterocycles. The van der Waals surface area contributed by atoms with Crippen molar-refractivity contribution in [2.45, 2.75) is 6.42 Å². The highest BCUT2D eigenvalue weighted by Gasteiger charge is 2.13. The van der Waals surface area contributed by atoms with Gasteiger partial charge in [-0.15, -0.1) is 0 Å². The van der Waals surface area contributed by atoms with Gasteiger partial charge in [0, 0.05) is 35.5 Å². The first kappa shape index (κ1) is 11.5. The molecule has 5 heteroatoms. The number of hydrogen-bond acceptors (Lipinski definition) is 3. The topological polar surface area (TPSA) is 56.0 Å². The van der Waals surface area contributed by atoms with Gasteiger partial charge >= 0.3 is 0 Å². The van der Waals surface area contributed by atoms with Crippen molar-refractivity contribution in [1.82, 2.24) is 4.98 Å². The van der Waals surface area contributed by atoms with Crippen LogP contribution in [0.3, 0.4) is 0 Å². The standard InChI is InChI=1S/C12H9ClN2O2/c13-11-1-2-12(15(16)17)10(8-11)7-9-3-5-14-6-4-9/h1-6,8H,7H2. The van der Waals surface area contributed by atoms with Gasteiger partial charge in [-0.2, -0.15) is 0 Å². The third-order valence-electron chi connectivity index (χ3n) is 2.38. The van der Waals surface area contributed by atoms with E-state index in [4.69, 9.17) is 11.6 Å². The molecule has 0 spiro atoms. The first-order valence-corrected chi connectivity index (χ1v) is 5.36. The largest absolute Gasteiger partial charge is 0.273 e. The Kier molecular flexibility index (Phi) is 3.35. The molecule has 0 aliphatic carbocycles. The van der Waals surface area contributed by atoms with Gasteiger partial charge in [0.2, 0.25) is 0 Å². The van der Waals surface area contributed by atoms with Crippen molar-refractivity contribution in [2.75, 3.05) is 0 Å². The number of nitrogens with zero attached hydrogens (tertiary/aromatic N) is 2. The Labute approximate surface area is 103 Å². The van der Waals surface area contributed by atoms with E-state index in [9.17, 15) is 10.1 Å². The van der Waals surface area contributed by atoms with Crippen molar-refractivity contribution in [3.05, 3.63) is 69.0 Å². The Morgan fingerprint density at radius 1 is 1.24 bits per heavy atom. The smallest absolute Gasteiger partial charge is 0.265 e. The van der Waals surface area contributed by atoms with Crippen LogP contribution in [0.5, 0.6) is 0 Å². The van der Waals surface area contributed by atoms with Gasteiger partial charge in [0.1, 0.15) is 0 Å². The Hall–Kier alpha value is -1.94. The second kappa shape index (κ2) is 4.93. The number of nitro groups is 1. The second-order valence-corrected chi connectivity index (χ2v) is 4.00. The molecule has 0 saturated carbocycles. The van der Waals surface area contributed by atoms with Crippen LogP contribution in [0.1, 0.15) is 11.1 Å². The van der Waals surface area contributed by atoms with E-state index in [0.29, 0.717) is 17.0 Å². The number of halogens is 1. The summed E-state index contributed by atoms with van der Waals surface area (Å²) in [5, 5.41) is 11.4. The van der Waals surface area contributed by atoms with Crippen LogP contribution < -0.4 is 0 Å². The molecule has 0 amide bonds. The van der Waals surface area contributed by atoms with Crippen LogP contribution >= 0.6 is 11.6 Å². The minimum Gasteiger partial charge on any atom is -0.265 e. The normalized spacial score (nSPS) is 10.2. The summed E-state index contributed by atoms with van der Waals surface area (Å²) < 4.78 is 0. The lowest BCUT2D eigenvalue weighted by Crippen LogP contribution is -1.96. The third-order valence-corrected chi connectivity index (χ3v) is 2.62. The van der Waals surface area contributed by atoms with Crippen molar-refractivity contribution in [2.24, 2.45) is 0 Å². The molecule has 1 heterocycles. The van der Waals surface area contributed by atoms with Crippen molar-refractivity contribution in [1.29, 1.82) is 0 Å². The number of nitro benzene ring substituents is 1. The summed E-state index contributed by atoms with van der Waals surface area (Å²) in [5.41, 5.74) is 1.66. The summed E-state index contributed by atoms with van der Waals surface area (Å²) in [6.45, 7) is 0. The molecule has 0 aliphatic rings. The van der Waals surface area contributed by atoms with Gasteiger partial charge in [0.15, 0.2) is 0 Å². The predicted molar refractivity (Wildman–Crippen MR) is 65.1 cm³/mol. The molecule has 17 heavy (non-hydrogen) atoms. The van der Waals surface area contributed by atoms with E-state index in [-0.39, 0.29) is 5.69 Å². The summed E-state index contributed by atoms with van der Waals surface area (Å²) in [6.07, 6.45) is 3.79. The zero-order chi connectivity index (χ0) is 12.3. The summed E-state index contributed by atoms with van der Waals surface area (Å²) in [5.74, 6) is 0. The summed E-state index contributed by atoms with van der Waals surface area (Å²) in [6, 6.07) is 8.23. The molecule has 0 aliphatic heterocycles. The van der Waals surface area contributed by atoms with Crippen molar-refractivity contribution >= 4 is 17.3 Å². The zero-order valence-electron chi connectivity index (χ0n) is 8.84. The zero-order valence-corrected chi connectivity index (χ0v) is 9.59. The molecule has 0 fully saturated rings. The van der Waals surface area contributed by atoms with E-state index < -0.39 is 4.92 Å². The highest BCUT2D eigenvalue weighted by molar-refractivity contribution is 6.30. The number of rotatable bonds is 3. The van der Waals surface area contributed by atoms with Gasteiger partial charge in [0.25, 0.3) is 5.69 Å². The summed E-state index contributed by atoms with van der Waals surface area (Å²) in [7, 11) is 0. The lowest BCUT2D eigenvalue weighted by atomic mass is 10.0. The van der Waals surface area contributed by atoms with Gasteiger partial charge in [-0.05, 0) is 29.8 Å². The van der Waals surface area contributed by atoms with Gasteiger partial charge in [-0.3, -0.25) is 15.1 Å². The Morgan fingerprint density at radius 2 is 1.94 bits per heavy atom. The third kappa shape index (κ3) is 2.79. The monoisotopic (exact) mass is 248 g/mol. The number of pyridine rings is 1. The lowest BCUT2D eigenvalue weighted by molar-refractivity contribution is -0.385. The molecular formula is C12H9ClN2O2. The van der Waals surface area contributed by atoms with Crippen molar-refractivity contribution in [3.8, 4) is 0 Å². The number of aromatic nitrogens is 1. The maximum absolute atomic E-state index is 10.9. The van der Waals surface area contributed by atoms with Crippen molar-refractivity contribution in [3.63, 3.8) is 0 Å². The average Bonchev–Trinajstić information content (AvgIpc) is 2.30. The fourth-order valence-corrected chi connectivity index (χ4v) is 1.79. The molecule has 1 aromatic carbocycles. The van der Waals surface area contributed by atoms with Gasteiger partial charge in [-0.25, -0.2) is 0 Å². The van der Waals surface area contributed by atoms with Crippen LogP contribution in [0.25, 0.3) is 0 Å². The summed E-state index contributed by atoms with van der Waals surface area (Å²) in [4.78, 5) is 14.4. The van der Waals surface area contributed by atoms with Crippen LogP contribution in [0.4, 0.5) is 5.69 Å². The van der Waals surface area contributed by atoms with E-state index in [1.54, 1.807) is 18.5 Å². The molecule has 86 valence electrons. The minimum absolute atomic E-state index is 0.0891. The maximum atomic E-state index is 10.9. The van der Waals surface area contributed by atoms with Gasteiger partial charge in [0.05, 0.1) is 4.92 Å². The van der Waals surface area contributed by atoms with E-state index >= 15 is 0 Å². The van der Waals surface area contributed by atoms with Gasteiger partial charge in [-0.1, -0.05) is 11.6 Å². The fraction of sp³-hybridized carbons (Fsp3) is 0.0833. The lowest BCUT2D eigenvalue weighted by Gasteiger charge is -2.03. The predicted octanol–water partition coefficient (Wildman–Crippen LogP) is 3.23. The molecule has 2 aromatic rings. The van der Waals surface area contributed by atoms with Crippen molar-refractivity contribution < 1.29 is 4.92 Å². The first-order valence-electron chi connectivity index (χ1n) is 4.98. The van der Waals surface area contributed by atoms with E-state index in [0.717, 1.165) is 5.56 Å². The average molecular weight is 249 g/mol. The fourth-order valence-electron chi connectivity index (χ4n) is 1.59. The summed E-state index contributed by atoms with van der Waals surface area (Å²) >= 11 is 5.85. The Morgan fingerprint density at radius 3 is 2.59 bits per heavy atom. The SMILES string of the molecule is O=[N+]([O-])c1ccc(Cl)cc1Cc1ccncc1. The second-order valence-electron chi connectivity index (χ2n) is 3.56.